The van der Waals surface area contributed by atoms with Gasteiger partial charge in [0.2, 0.25) is 0 Å². The summed E-state index contributed by atoms with van der Waals surface area (Å²) in [6.07, 6.45) is 11.4. The summed E-state index contributed by atoms with van der Waals surface area (Å²) < 4.78 is 12.0. The Hall–Kier alpha value is -0.930. The summed E-state index contributed by atoms with van der Waals surface area (Å²) in [6, 6.07) is 0. The zero-order valence-corrected chi connectivity index (χ0v) is 16.5. The van der Waals surface area contributed by atoms with Crippen molar-refractivity contribution in [3.05, 3.63) is 22.8 Å². The molecule has 0 bridgehead atoms. The van der Waals surface area contributed by atoms with Gasteiger partial charge in [-0.3, -0.25) is 4.79 Å². The van der Waals surface area contributed by atoms with Gasteiger partial charge in [-0.1, -0.05) is 25.5 Å². The second-order valence-corrected chi connectivity index (χ2v) is 9.83. The van der Waals surface area contributed by atoms with Gasteiger partial charge in [0.1, 0.15) is 5.78 Å². The first-order chi connectivity index (χ1) is 12.4. The van der Waals surface area contributed by atoms with Crippen LogP contribution >= 0.6 is 0 Å². The number of allylic oxidation sites excluding steroid dienone is 3. The fourth-order valence-electron chi connectivity index (χ4n) is 7.12. The largest absolute Gasteiger partial charge is 0.347 e. The van der Waals surface area contributed by atoms with Gasteiger partial charge in [-0.2, -0.15) is 0 Å². The first-order valence-corrected chi connectivity index (χ1v) is 10.6. The van der Waals surface area contributed by atoms with E-state index in [0.29, 0.717) is 17.6 Å². The van der Waals surface area contributed by atoms with E-state index in [2.05, 4.69) is 19.9 Å². The monoisotopic (exact) mass is 356 g/mol. The predicted octanol–water partition coefficient (Wildman–Crippen LogP) is 4.96. The average Bonchev–Trinajstić information content (AvgIpc) is 3.18. The summed E-state index contributed by atoms with van der Waals surface area (Å²) in [5.74, 6) is 1.41. The summed E-state index contributed by atoms with van der Waals surface area (Å²) in [4.78, 5) is 12.5. The Kier molecular flexibility index (Phi) is 3.66. The van der Waals surface area contributed by atoms with Crippen molar-refractivity contribution in [3.63, 3.8) is 0 Å². The van der Waals surface area contributed by atoms with Crippen molar-refractivity contribution in [2.45, 2.75) is 77.9 Å². The highest BCUT2D eigenvalue weighted by Gasteiger charge is 2.60. The maximum Gasteiger partial charge on any atom is 0.172 e. The van der Waals surface area contributed by atoms with Crippen LogP contribution < -0.4 is 0 Å². The third kappa shape index (κ3) is 2.10. The van der Waals surface area contributed by atoms with Crippen molar-refractivity contribution in [1.29, 1.82) is 0 Å². The number of hydrogen-bond acceptors (Lipinski definition) is 3. The van der Waals surface area contributed by atoms with Crippen molar-refractivity contribution < 1.29 is 14.3 Å². The van der Waals surface area contributed by atoms with Crippen LogP contribution in [0.2, 0.25) is 0 Å². The molecule has 1 spiro atoms. The van der Waals surface area contributed by atoms with Gasteiger partial charge in [-0.05, 0) is 73.8 Å². The normalized spacial score (nSPS) is 43.7. The number of ether oxygens (including phenoxy) is 2. The SMILES string of the molecule is CC(=O)C1(C)CCC2C3CCC4=C(CCC5(C4)OCCO5)C3=CC[C@@]21C. The Balaban J connectivity index is 1.49. The molecule has 5 rings (SSSR count). The minimum atomic E-state index is -0.310. The van der Waals surface area contributed by atoms with E-state index < -0.39 is 0 Å². The molecule has 5 aliphatic rings. The predicted molar refractivity (Wildman–Crippen MR) is 101 cm³/mol. The summed E-state index contributed by atoms with van der Waals surface area (Å²) in [5, 5.41) is 0. The van der Waals surface area contributed by atoms with Crippen LogP contribution in [0.25, 0.3) is 0 Å². The third-order valence-electron chi connectivity index (χ3n) is 9.03. The van der Waals surface area contributed by atoms with E-state index in [9.17, 15) is 4.79 Å². The second-order valence-electron chi connectivity index (χ2n) is 9.83. The van der Waals surface area contributed by atoms with Crippen LogP contribution in [0.15, 0.2) is 22.8 Å². The van der Waals surface area contributed by atoms with Crippen LogP contribution in [0, 0.1) is 22.7 Å². The molecule has 0 aromatic heterocycles. The van der Waals surface area contributed by atoms with Crippen LogP contribution in [0.3, 0.4) is 0 Å². The van der Waals surface area contributed by atoms with Gasteiger partial charge >= 0.3 is 0 Å². The van der Waals surface area contributed by atoms with Crippen LogP contribution in [-0.4, -0.2) is 24.8 Å². The molecule has 0 aromatic carbocycles. The zero-order valence-electron chi connectivity index (χ0n) is 16.5. The van der Waals surface area contributed by atoms with E-state index in [1.165, 1.54) is 19.3 Å². The van der Waals surface area contributed by atoms with Crippen molar-refractivity contribution >= 4 is 5.78 Å². The van der Waals surface area contributed by atoms with Gasteiger partial charge in [-0.25, -0.2) is 0 Å². The van der Waals surface area contributed by atoms with Crippen LogP contribution in [0.5, 0.6) is 0 Å². The molecular formula is C23H32O3. The molecule has 4 aliphatic carbocycles. The first-order valence-electron chi connectivity index (χ1n) is 10.6. The lowest BCUT2D eigenvalue weighted by Crippen LogP contribution is -2.46. The summed E-state index contributed by atoms with van der Waals surface area (Å²) in [5.41, 5.74) is 4.85. The highest BCUT2D eigenvalue weighted by Crippen LogP contribution is 2.66. The lowest BCUT2D eigenvalue weighted by molar-refractivity contribution is -0.164. The fraction of sp³-hybridized carbons (Fsp3) is 0.783. The number of ketones is 1. The van der Waals surface area contributed by atoms with E-state index >= 15 is 0 Å². The Morgan fingerprint density at radius 1 is 1.12 bits per heavy atom. The summed E-state index contributed by atoms with van der Waals surface area (Å²) >= 11 is 0. The first kappa shape index (κ1) is 17.2. The van der Waals surface area contributed by atoms with Gasteiger partial charge in [0.15, 0.2) is 5.79 Å². The van der Waals surface area contributed by atoms with Crippen molar-refractivity contribution in [3.8, 4) is 0 Å². The van der Waals surface area contributed by atoms with Crippen LogP contribution in [0.4, 0.5) is 0 Å². The quantitative estimate of drug-likeness (QED) is 0.666. The summed E-state index contributed by atoms with van der Waals surface area (Å²) in [7, 11) is 0. The lowest BCUT2D eigenvalue weighted by Gasteiger charge is -2.51. The van der Waals surface area contributed by atoms with Gasteiger partial charge in [0.05, 0.1) is 13.2 Å². The van der Waals surface area contributed by atoms with E-state index in [-0.39, 0.29) is 16.6 Å². The molecule has 1 saturated carbocycles. The summed E-state index contributed by atoms with van der Waals surface area (Å²) in [6.45, 7) is 7.95. The minimum absolute atomic E-state index is 0.138. The number of rotatable bonds is 1. The number of fused-ring (bicyclic) bond motifs is 4. The maximum absolute atomic E-state index is 12.5. The molecule has 2 fully saturated rings. The van der Waals surface area contributed by atoms with Crippen LogP contribution in [0.1, 0.15) is 72.1 Å². The average molecular weight is 357 g/mol. The van der Waals surface area contributed by atoms with Crippen molar-refractivity contribution in [1.82, 2.24) is 0 Å². The fourth-order valence-corrected chi connectivity index (χ4v) is 7.12. The van der Waals surface area contributed by atoms with Crippen molar-refractivity contribution in [2.75, 3.05) is 13.2 Å². The Bertz CT molecular complexity index is 711. The molecule has 4 atom stereocenters. The Morgan fingerprint density at radius 2 is 1.88 bits per heavy atom. The smallest absolute Gasteiger partial charge is 0.172 e. The molecule has 3 unspecified atom stereocenters. The molecule has 0 N–H and O–H groups in total. The molecular weight excluding hydrogens is 324 g/mol. The molecule has 1 aliphatic heterocycles. The van der Waals surface area contributed by atoms with E-state index in [4.69, 9.17) is 9.47 Å². The molecule has 1 heterocycles. The molecule has 0 amide bonds. The van der Waals surface area contributed by atoms with Crippen molar-refractivity contribution in [2.24, 2.45) is 22.7 Å². The lowest BCUT2D eigenvalue weighted by atomic mass is 9.53. The molecule has 0 radical (unpaired) electrons. The Morgan fingerprint density at radius 3 is 2.62 bits per heavy atom. The topological polar surface area (TPSA) is 35.5 Å². The standard InChI is InChI=1S/C23H32O3/c1-15(24)21(2)10-8-20-19-5-4-16-14-23(25-12-13-26-23)11-7-17(16)18(19)6-9-22(20,21)3/h6,19-20H,4-5,7-14H2,1-3H3/t19?,20?,21?,22-/m0/s1. The second kappa shape index (κ2) is 5.54. The molecule has 3 nitrogen and oxygen atoms in total. The number of carbonyl (C=O) groups excluding carboxylic acids is 1. The minimum Gasteiger partial charge on any atom is -0.347 e. The van der Waals surface area contributed by atoms with Gasteiger partial charge < -0.3 is 9.47 Å². The maximum atomic E-state index is 12.5. The van der Waals surface area contributed by atoms with E-state index in [0.717, 1.165) is 45.3 Å². The number of hydrogen-bond donors (Lipinski definition) is 0. The van der Waals surface area contributed by atoms with Gasteiger partial charge in [-0.15, -0.1) is 0 Å². The Labute approximate surface area is 157 Å². The van der Waals surface area contributed by atoms with E-state index in [1.54, 1.807) is 16.7 Å². The molecule has 142 valence electrons. The number of Topliss-reactive ketones (excluding diaryl/α,β-unsaturated/α-hetero) is 1. The van der Waals surface area contributed by atoms with Crippen LogP contribution in [-0.2, 0) is 14.3 Å². The van der Waals surface area contributed by atoms with Gasteiger partial charge in [0.25, 0.3) is 0 Å². The molecule has 0 aromatic rings. The molecule has 26 heavy (non-hydrogen) atoms. The third-order valence-corrected chi connectivity index (χ3v) is 9.03. The number of carbonyl (C=O) groups is 1. The van der Waals surface area contributed by atoms with Gasteiger partial charge in [0, 0.05) is 18.3 Å². The zero-order chi connectivity index (χ0) is 18.2. The molecule has 1 saturated heterocycles. The highest BCUT2D eigenvalue weighted by atomic mass is 16.7. The molecule has 3 heteroatoms. The highest BCUT2D eigenvalue weighted by molar-refractivity contribution is 5.83. The van der Waals surface area contributed by atoms with E-state index in [1.807, 2.05) is 6.92 Å².